The fourth-order valence-electron chi connectivity index (χ4n) is 0.809. The highest BCUT2D eigenvalue weighted by Crippen LogP contribution is 2.11. The van der Waals surface area contributed by atoms with Crippen molar-refractivity contribution in [1.29, 1.82) is 0 Å². The van der Waals surface area contributed by atoms with Gasteiger partial charge in [0.2, 0.25) is 0 Å². The van der Waals surface area contributed by atoms with Crippen LogP contribution in [0, 0.1) is 0 Å². The highest BCUT2D eigenvalue weighted by Gasteiger charge is 2.30. The van der Waals surface area contributed by atoms with Crippen LogP contribution in [0.2, 0.25) is 0 Å². The first-order valence-corrected chi connectivity index (χ1v) is 3.23. The molecule has 0 spiro atoms. The second-order valence-corrected chi connectivity index (χ2v) is 2.18. The third-order valence-electron chi connectivity index (χ3n) is 1.33. The Kier molecular flexibility index (Phi) is 2.81. The van der Waals surface area contributed by atoms with Crippen LogP contribution in [0.25, 0.3) is 0 Å². The first-order chi connectivity index (χ1) is 5.24. The lowest BCUT2D eigenvalue weighted by Crippen LogP contribution is -2.23. The summed E-state index contributed by atoms with van der Waals surface area (Å²) in [4.78, 5) is 10.3. The lowest BCUT2D eigenvalue weighted by atomic mass is 10.4. The van der Waals surface area contributed by atoms with E-state index in [1.165, 1.54) is 7.11 Å². The van der Waals surface area contributed by atoms with Gasteiger partial charge >= 0.3 is 5.97 Å². The number of aliphatic carboxylic acids is 1. The smallest absolute Gasteiger partial charge is 0.335 e. The van der Waals surface area contributed by atoms with Crippen molar-refractivity contribution in [3.8, 4) is 0 Å². The van der Waals surface area contributed by atoms with Gasteiger partial charge in [-0.1, -0.05) is 0 Å². The predicted molar refractivity (Wildman–Crippen MR) is 34.1 cm³/mol. The van der Waals surface area contributed by atoms with Gasteiger partial charge in [-0.05, 0) is 0 Å². The molecule has 0 amide bonds. The average Bonchev–Trinajstić information content (AvgIpc) is 2.37. The quantitative estimate of drug-likeness (QED) is 0.603. The highest BCUT2D eigenvalue weighted by atomic mass is 16.7. The van der Waals surface area contributed by atoms with Crippen molar-refractivity contribution in [3.05, 3.63) is 0 Å². The minimum Gasteiger partial charge on any atom is -0.479 e. The van der Waals surface area contributed by atoms with Crippen LogP contribution in [-0.4, -0.2) is 43.8 Å². The van der Waals surface area contributed by atoms with Gasteiger partial charge in [0, 0.05) is 7.11 Å². The summed E-state index contributed by atoms with van der Waals surface area (Å²) in [6.07, 6.45) is -1.36. The van der Waals surface area contributed by atoms with E-state index in [0.717, 1.165) is 0 Å². The van der Waals surface area contributed by atoms with E-state index in [1.54, 1.807) is 0 Å². The molecule has 2 atom stereocenters. The van der Waals surface area contributed by atoms with E-state index in [9.17, 15) is 4.79 Å². The molecule has 0 radical (unpaired) electrons. The van der Waals surface area contributed by atoms with Crippen molar-refractivity contribution >= 4 is 5.97 Å². The maximum Gasteiger partial charge on any atom is 0.335 e. The van der Waals surface area contributed by atoms with Crippen LogP contribution in [0.1, 0.15) is 0 Å². The monoisotopic (exact) mass is 162 g/mol. The molecule has 64 valence electrons. The molecular formula is C6H10O5. The minimum absolute atomic E-state index is 0.101. The number of hydrogen-bond acceptors (Lipinski definition) is 4. The van der Waals surface area contributed by atoms with E-state index in [2.05, 4.69) is 0 Å². The molecule has 0 aromatic rings. The van der Waals surface area contributed by atoms with Gasteiger partial charge in [-0.15, -0.1) is 0 Å². The molecule has 0 aliphatic carbocycles. The zero-order valence-corrected chi connectivity index (χ0v) is 6.15. The van der Waals surface area contributed by atoms with Crippen LogP contribution in [0.15, 0.2) is 0 Å². The second kappa shape index (κ2) is 3.66. The van der Waals surface area contributed by atoms with E-state index in [1.807, 2.05) is 0 Å². The third-order valence-corrected chi connectivity index (χ3v) is 1.33. The predicted octanol–water partition coefficient (Wildman–Crippen LogP) is -0.541. The molecule has 1 aliphatic rings. The molecule has 11 heavy (non-hydrogen) atoms. The van der Waals surface area contributed by atoms with Crippen LogP contribution in [0.4, 0.5) is 0 Å². The number of methoxy groups -OCH3 is 1. The fraction of sp³-hybridized carbons (Fsp3) is 0.833. The summed E-state index contributed by atoms with van der Waals surface area (Å²) in [5.74, 6) is -0.997. The lowest BCUT2D eigenvalue weighted by molar-refractivity contribution is -0.153. The summed E-state index contributed by atoms with van der Waals surface area (Å²) in [5.41, 5.74) is 0. The molecule has 0 aromatic carbocycles. The van der Waals surface area contributed by atoms with E-state index < -0.39 is 18.4 Å². The van der Waals surface area contributed by atoms with E-state index in [-0.39, 0.29) is 13.2 Å². The van der Waals surface area contributed by atoms with Crippen LogP contribution < -0.4 is 0 Å². The average molecular weight is 162 g/mol. The summed E-state index contributed by atoms with van der Waals surface area (Å²) in [7, 11) is 1.50. The third kappa shape index (κ3) is 2.14. The van der Waals surface area contributed by atoms with E-state index in [4.69, 9.17) is 19.3 Å². The van der Waals surface area contributed by atoms with E-state index >= 15 is 0 Å². The molecule has 5 heteroatoms. The van der Waals surface area contributed by atoms with Gasteiger partial charge in [0.1, 0.15) is 0 Å². The zero-order valence-electron chi connectivity index (χ0n) is 6.15. The standard InChI is InChI=1S/C6H10O5/c1-9-3-5-10-2-4(11-5)6(7)8/h4-5H,2-3H2,1H3,(H,7,8)/t4-,5-/m0/s1. The van der Waals surface area contributed by atoms with Gasteiger partial charge in [-0.2, -0.15) is 0 Å². The number of hydrogen-bond donors (Lipinski definition) is 1. The molecule has 1 rings (SSSR count). The summed E-state index contributed by atoms with van der Waals surface area (Å²) in [6.45, 7) is 0.368. The highest BCUT2D eigenvalue weighted by molar-refractivity contribution is 5.72. The summed E-state index contributed by atoms with van der Waals surface area (Å²) < 4.78 is 14.6. The summed E-state index contributed by atoms with van der Waals surface area (Å²) in [5, 5.41) is 8.45. The van der Waals surface area contributed by atoms with Gasteiger partial charge in [-0.3, -0.25) is 0 Å². The van der Waals surface area contributed by atoms with Crippen molar-refractivity contribution in [3.63, 3.8) is 0 Å². The van der Waals surface area contributed by atoms with Gasteiger partial charge < -0.3 is 19.3 Å². The summed E-state index contributed by atoms with van der Waals surface area (Å²) >= 11 is 0. The van der Waals surface area contributed by atoms with Crippen LogP contribution in [-0.2, 0) is 19.0 Å². The van der Waals surface area contributed by atoms with Gasteiger partial charge in [-0.25, -0.2) is 4.79 Å². The number of carbonyl (C=O) groups is 1. The number of carboxylic acid groups (broad SMARTS) is 1. The van der Waals surface area contributed by atoms with Crippen molar-refractivity contribution in [2.45, 2.75) is 12.4 Å². The summed E-state index contributed by atoms with van der Waals surface area (Å²) in [6, 6.07) is 0. The molecule has 0 bridgehead atoms. The molecule has 1 fully saturated rings. The molecule has 5 nitrogen and oxygen atoms in total. The van der Waals surface area contributed by atoms with Crippen molar-refractivity contribution < 1.29 is 24.1 Å². The van der Waals surface area contributed by atoms with Crippen LogP contribution >= 0.6 is 0 Å². The van der Waals surface area contributed by atoms with Crippen LogP contribution in [0.5, 0.6) is 0 Å². The van der Waals surface area contributed by atoms with E-state index in [0.29, 0.717) is 0 Å². The Balaban J connectivity index is 2.29. The molecule has 0 unspecified atom stereocenters. The SMILES string of the molecule is COC[C@H]1OC[C@@H](C(=O)O)O1. The molecule has 0 saturated carbocycles. The number of ether oxygens (including phenoxy) is 3. The Bertz CT molecular complexity index is 146. The number of rotatable bonds is 3. The van der Waals surface area contributed by atoms with Gasteiger partial charge in [0.15, 0.2) is 12.4 Å². The first kappa shape index (κ1) is 8.45. The zero-order chi connectivity index (χ0) is 8.27. The molecule has 1 aliphatic heterocycles. The molecule has 1 saturated heterocycles. The van der Waals surface area contributed by atoms with Gasteiger partial charge in [0.25, 0.3) is 0 Å². The Hall–Kier alpha value is -0.650. The van der Waals surface area contributed by atoms with Gasteiger partial charge in [0.05, 0.1) is 13.2 Å². The normalized spacial score (nSPS) is 30.6. The minimum atomic E-state index is -0.997. The van der Waals surface area contributed by atoms with Crippen molar-refractivity contribution in [2.24, 2.45) is 0 Å². The molecular weight excluding hydrogens is 152 g/mol. The maximum absolute atomic E-state index is 10.3. The van der Waals surface area contributed by atoms with Crippen molar-refractivity contribution in [2.75, 3.05) is 20.3 Å². The molecule has 1 heterocycles. The molecule has 1 N–H and O–H groups in total. The lowest BCUT2D eigenvalue weighted by Gasteiger charge is -2.06. The Labute approximate surface area is 63.9 Å². The Morgan fingerprint density at radius 1 is 1.82 bits per heavy atom. The largest absolute Gasteiger partial charge is 0.479 e. The fourth-order valence-corrected chi connectivity index (χ4v) is 0.809. The van der Waals surface area contributed by atoms with Crippen molar-refractivity contribution in [1.82, 2.24) is 0 Å². The Morgan fingerprint density at radius 2 is 2.55 bits per heavy atom. The first-order valence-electron chi connectivity index (χ1n) is 3.23. The number of carboxylic acids is 1. The Morgan fingerprint density at radius 3 is 3.00 bits per heavy atom. The topological polar surface area (TPSA) is 65.0 Å². The maximum atomic E-state index is 10.3. The molecule has 0 aromatic heterocycles. The second-order valence-electron chi connectivity index (χ2n) is 2.18. The van der Waals surface area contributed by atoms with Crippen LogP contribution in [0.3, 0.4) is 0 Å².